The molecule has 0 unspecified atom stereocenters. The Morgan fingerprint density at radius 2 is 1.90 bits per heavy atom. The van der Waals surface area contributed by atoms with Gasteiger partial charge < -0.3 is 5.11 Å². The van der Waals surface area contributed by atoms with E-state index >= 15 is 0 Å². The highest BCUT2D eigenvalue weighted by Crippen LogP contribution is 2.23. The second-order valence-corrected chi connectivity index (χ2v) is 5.97. The van der Waals surface area contributed by atoms with E-state index in [0.29, 0.717) is 17.6 Å². The molecular weight excluding hydrogens is 272 g/mol. The summed E-state index contributed by atoms with van der Waals surface area (Å²) < 4.78 is 1.77. The van der Waals surface area contributed by atoms with E-state index in [9.17, 15) is 5.11 Å². The Bertz CT molecular complexity index is 573. The normalized spacial score (nSPS) is 11.3. The summed E-state index contributed by atoms with van der Waals surface area (Å²) in [7, 11) is 0. The first-order valence-electron chi connectivity index (χ1n) is 6.91. The molecule has 0 radical (unpaired) electrons. The largest absolute Gasteiger partial charge is 0.391 e. The summed E-state index contributed by atoms with van der Waals surface area (Å²) in [5, 5.41) is 14.6. The number of hydrogen-bond acceptors (Lipinski definition) is 2. The van der Waals surface area contributed by atoms with Gasteiger partial charge in [0.1, 0.15) is 5.15 Å². The van der Waals surface area contributed by atoms with Gasteiger partial charge in [0.25, 0.3) is 0 Å². The number of rotatable bonds is 5. The van der Waals surface area contributed by atoms with Crippen LogP contribution < -0.4 is 0 Å². The number of aromatic nitrogens is 2. The van der Waals surface area contributed by atoms with Gasteiger partial charge in [-0.15, -0.1) is 0 Å². The highest BCUT2D eigenvalue weighted by atomic mass is 35.5. The van der Waals surface area contributed by atoms with Crippen LogP contribution in [0, 0.1) is 12.8 Å². The summed E-state index contributed by atoms with van der Waals surface area (Å²) in [4.78, 5) is 0. The molecule has 0 saturated carbocycles. The molecule has 3 nitrogen and oxygen atoms in total. The third-order valence-electron chi connectivity index (χ3n) is 3.28. The molecular formula is C16H21ClN2O. The van der Waals surface area contributed by atoms with E-state index in [-0.39, 0.29) is 6.61 Å². The van der Waals surface area contributed by atoms with Crippen molar-refractivity contribution in [1.82, 2.24) is 9.78 Å². The second kappa shape index (κ2) is 6.42. The molecule has 0 aliphatic carbocycles. The monoisotopic (exact) mass is 292 g/mol. The molecule has 0 saturated heterocycles. The summed E-state index contributed by atoms with van der Waals surface area (Å²) in [6.45, 7) is 6.90. The minimum atomic E-state index is -0.0607. The topological polar surface area (TPSA) is 38.0 Å². The van der Waals surface area contributed by atoms with Crippen LogP contribution in [-0.4, -0.2) is 14.9 Å². The van der Waals surface area contributed by atoms with E-state index in [1.165, 1.54) is 5.56 Å². The first-order valence-corrected chi connectivity index (χ1v) is 7.29. The van der Waals surface area contributed by atoms with Gasteiger partial charge in [0.05, 0.1) is 18.8 Å². The molecule has 0 aliphatic heterocycles. The molecule has 0 aliphatic rings. The van der Waals surface area contributed by atoms with Crippen LogP contribution in [-0.2, 0) is 19.6 Å². The zero-order valence-corrected chi connectivity index (χ0v) is 13.0. The van der Waals surface area contributed by atoms with Crippen molar-refractivity contribution in [2.75, 3.05) is 0 Å². The van der Waals surface area contributed by atoms with Crippen LogP contribution in [0.5, 0.6) is 0 Å². The predicted octanol–water partition coefficient (Wildman–Crippen LogP) is 3.58. The van der Waals surface area contributed by atoms with Crippen LogP contribution in [0.3, 0.4) is 0 Å². The van der Waals surface area contributed by atoms with Crippen LogP contribution in [0.2, 0.25) is 5.15 Å². The average molecular weight is 293 g/mol. The lowest BCUT2D eigenvalue weighted by atomic mass is 10.1. The molecule has 0 atom stereocenters. The van der Waals surface area contributed by atoms with Crippen molar-refractivity contribution >= 4 is 11.6 Å². The third kappa shape index (κ3) is 3.41. The van der Waals surface area contributed by atoms with E-state index in [4.69, 9.17) is 11.6 Å². The number of aliphatic hydroxyl groups excluding tert-OH is 1. The molecule has 1 heterocycles. The summed E-state index contributed by atoms with van der Waals surface area (Å²) in [5.41, 5.74) is 4.05. The summed E-state index contributed by atoms with van der Waals surface area (Å²) in [6.07, 6.45) is 0.830. The Morgan fingerprint density at radius 1 is 1.25 bits per heavy atom. The standard InChI is InChI=1S/C16H21ClN2O/c1-11(2)8-15-14(10-20)16(17)19(18-15)9-13-6-4-12(3)5-7-13/h4-7,11,20H,8-10H2,1-3H3. The lowest BCUT2D eigenvalue weighted by molar-refractivity contribution is 0.280. The van der Waals surface area contributed by atoms with Gasteiger partial charge >= 0.3 is 0 Å². The number of aryl methyl sites for hydroxylation is 1. The zero-order chi connectivity index (χ0) is 14.7. The lowest BCUT2D eigenvalue weighted by Crippen LogP contribution is -2.03. The molecule has 1 aromatic carbocycles. The Morgan fingerprint density at radius 3 is 2.45 bits per heavy atom. The molecule has 4 heteroatoms. The second-order valence-electron chi connectivity index (χ2n) is 5.62. The molecule has 1 aromatic heterocycles. The van der Waals surface area contributed by atoms with Crippen LogP contribution in [0.15, 0.2) is 24.3 Å². The summed E-state index contributed by atoms with van der Waals surface area (Å²) >= 11 is 6.33. The fourth-order valence-electron chi connectivity index (χ4n) is 2.20. The van der Waals surface area contributed by atoms with Crippen LogP contribution in [0.4, 0.5) is 0 Å². The Kier molecular flexibility index (Phi) is 4.84. The van der Waals surface area contributed by atoms with E-state index < -0.39 is 0 Å². The molecule has 0 amide bonds. The van der Waals surface area contributed by atoms with Crippen molar-refractivity contribution in [3.63, 3.8) is 0 Å². The smallest absolute Gasteiger partial charge is 0.133 e. The van der Waals surface area contributed by atoms with Gasteiger partial charge in [-0.1, -0.05) is 55.3 Å². The van der Waals surface area contributed by atoms with Gasteiger partial charge in [-0.05, 0) is 24.8 Å². The van der Waals surface area contributed by atoms with Crippen molar-refractivity contribution in [1.29, 1.82) is 0 Å². The molecule has 2 aromatic rings. The number of hydrogen-bond donors (Lipinski definition) is 1. The van der Waals surface area contributed by atoms with Crippen LogP contribution >= 0.6 is 11.6 Å². The van der Waals surface area contributed by atoms with Gasteiger partial charge in [-0.3, -0.25) is 0 Å². The zero-order valence-electron chi connectivity index (χ0n) is 12.2. The van der Waals surface area contributed by atoms with E-state index in [2.05, 4.69) is 50.1 Å². The third-order valence-corrected chi connectivity index (χ3v) is 3.70. The molecule has 20 heavy (non-hydrogen) atoms. The molecule has 0 fully saturated rings. The quantitative estimate of drug-likeness (QED) is 0.914. The Labute approximate surface area is 125 Å². The first kappa shape index (κ1) is 15.1. The Hall–Kier alpha value is -1.32. The highest BCUT2D eigenvalue weighted by molar-refractivity contribution is 6.30. The maximum Gasteiger partial charge on any atom is 0.133 e. The highest BCUT2D eigenvalue weighted by Gasteiger charge is 2.16. The van der Waals surface area contributed by atoms with Gasteiger partial charge in [0.15, 0.2) is 0 Å². The molecule has 2 rings (SSSR count). The minimum Gasteiger partial charge on any atom is -0.391 e. The number of benzene rings is 1. The first-order chi connectivity index (χ1) is 9.51. The maximum atomic E-state index is 9.49. The molecule has 0 bridgehead atoms. The van der Waals surface area contributed by atoms with Crippen molar-refractivity contribution in [2.45, 2.75) is 40.3 Å². The average Bonchev–Trinajstić information content (AvgIpc) is 2.67. The number of halogens is 1. The predicted molar refractivity (Wildman–Crippen MR) is 82.0 cm³/mol. The van der Waals surface area contributed by atoms with Gasteiger partial charge in [0.2, 0.25) is 0 Å². The van der Waals surface area contributed by atoms with Gasteiger partial charge in [0, 0.05) is 5.56 Å². The summed E-state index contributed by atoms with van der Waals surface area (Å²) in [6, 6.07) is 8.31. The fraction of sp³-hybridized carbons (Fsp3) is 0.438. The van der Waals surface area contributed by atoms with E-state index in [1.807, 2.05) is 0 Å². The Balaban J connectivity index is 2.27. The van der Waals surface area contributed by atoms with Crippen molar-refractivity contribution in [3.05, 3.63) is 51.8 Å². The molecule has 1 N–H and O–H groups in total. The van der Waals surface area contributed by atoms with Gasteiger partial charge in [-0.25, -0.2) is 4.68 Å². The SMILES string of the molecule is Cc1ccc(Cn2nc(CC(C)C)c(CO)c2Cl)cc1. The van der Waals surface area contributed by atoms with Crippen molar-refractivity contribution < 1.29 is 5.11 Å². The minimum absolute atomic E-state index is 0.0607. The van der Waals surface area contributed by atoms with Gasteiger partial charge in [-0.2, -0.15) is 5.10 Å². The van der Waals surface area contributed by atoms with Crippen LogP contribution in [0.25, 0.3) is 0 Å². The number of aliphatic hydroxyl groups is 1. The lowest BCUT2D eigenvalue weighted by Gasteiger charge is -2.04. The fourth-order valence-corrected chi connectivity index (χ4v) is 2.47. The van der Waals surface area contributed by atoms with Crippen molar-refractivity contribution in [3.8, 4) is 0 Å². The van der Waals surface area contributed by atoms with E-state index in [0.717, 1.165) is 23.2 Å². The molecule has 108 valence electrons. The number of nitrogens with zero attached hydrogens (tertiary/aromatic N) is 2. The van der Waals surface area contributed by atoms with Crippen LogP contribution in [0.1, 0.15) is 36.2 Å². The summed E-state index contributed by atoms with van der Waals surface area (Å²) in [5.74, 6) is 0.485. The molecule has 0 spiro atoms. The maximum absolute atomic E-state index is 9.49. The van der Waals surface area contributed by atoms with E-state index in [1.54, 1.807) is 4.68 Å². The van der Waals surface area contributed by atoms with Crippen molar-refractivity contribution in [2.24, 2.45) is 5.92 Å².